The van der Waals surface area contributed by atoms with Crippen molar-refractivity contribution in [1.82, 2.24) is 24.5 Å². The number of nitrogens with two attached hydrogens (primary N) is 1. The van der Waals surface area contributed by atoms with Crippen LogP contribution in [0.2, 0.25) is 0 Å². The number of rotatable bonds is 7. The van der Waals surface area contributed by atoms with Crippen LogP contribution in [0.25, 0.3) is 0 Å². The lowest BCUT2D eigenvalue weighted by Crippen LogP contribution is -2.10. The Morgan fingerprint density at radius 3 is 2.65 bits per heavy atom. The summed E-state index contributed by atoms with van der Waals surface area (Å²) in [5.41, 5.74) is 7.49. The van der Waals surface area contributed by atoms with E-state index in [4.69, 9.17) is 5.73 Å². The summed E-state index contributed by atoms with van der Waals surface area (Å²) in [6.45, 7) is 1.65. The zero-order chi connectivity index (χ0) is 15.9. The van der Waals surface area contributed by atoms with Crippen LogP contribution >= 0.6 is 0 Å². The number of hydrogen-bond acceptors (Lipinski definition) is 7. The van der Waals surface area contributed by atoms with E-state index in [-0.39, 0.29) is 0 Å². The molecule has 3 aromatic rings. The van der Waals surface area contributed by atoms with Gasteiger partial charge in [-0.3, -0.25) is 4.98 Å². The standard InChI is InChI=1S/C15H18N8/c16-13-14(19-4-1-8-23-9-7-18-11-23)20-10-21-15(13)22-12-2-5-17-6-3-12/h2-3,5-7,9-11H,1,4,8,16H2,(H2,17,19,20,21,22). The molecular formula is C15H18N8. The molecule has 0 unspecified atom stereocenters. The van der Waals surface area contributed by atoms with Crippen LogP contribution < -0.4 is 16.4 Å². The van der Waals surface area contributed by atoms with E-state index in [1.807, 2.05) is 22.9 Å². The number of anilines is 4. The molecular weight excluding hydrogens is 292 g/mol. The molecule has 0 atom stereocenters. The van der Waals surface area contributed by atoms with Crippen LogP contribution in [0.1, 0.15) is 6.42 Å². The van der Waals surface area contributed by atoms with Crippen molar-refractivity contribution in [3.63, 3.8) is 0 Å². The number of nitrogens with one attached hydrogen (secondary N) is 2. The van der Waals surface area contributed by atoms with Crippen LogP contribution in [0.5, 0.6) is 0 Å². The molecule has 0 bridgehead atoms. The first-order valence-electron chi connectivity index (χ1n) is 7.30. The number of aromatic nitrogens is 5. The maximum atomic E-state index is 6.13. The average Bonchev–Trinajstić information content (AvgIpc) is 3.09. The van der Waals surface area contributed by atoms with Gasteiger partial charge < -0.3 is 20.9 Å². The normalized spacial score (nSPS) is 10.4. The monoisotopic (exact) mass is 310 g/mol. The Labute approximate surface area is 133 Å². The highest BCUT2D eigenvalue weighted by Gasteiger charge is 2.07. The summed E-state index contributed by atoms with van der Waals surface area (Å²) in [5, 5.41) is 6.40. The number of hydrogen-bond donors (Lipinski definition) is 3. The molecule has 0 aliphatic rings. The third-order valence-electron chi connectivity index (χ3n) is 3.27. The largest absolute Gasteiger partial charge is 0.393 e. The van der Waals surface area contributed by atoms with Crippen LogP contribution in [0.15, 0.2) is 49.6 Å². The third kappa shape index (κ3) is 3.94. The quantitative estimate of drug-likeness (QED) is 0.572. The van der Waals surface area contributed by atoms with Gasteiger partial charge in [0.1, 0.15) is 12.0 Å². The molecule has 0 aliphatic carbocycles. The van der Waals surface area contributed by atoms with Gasteiger partial charge in [-0.05, 0) is 18.6 Å². The van der Waals surface area contributed by atoms with Gasteiger partial charge in [0.15, 0.2) is 11.6 Å². The molecule has 23 heavy (non-hydrogen) atoms. The highest BCUT2D eigenvalue weighted by Crippen LogP contribution is 2.25. The van der Waals surface area contributed by atoms with Crippen molar-refractivity contribution in [2.75, 3.05) is 22.9 Å². The maximum Gasteiger partial charge on any atom is 0.159 e. The lowest BCUT2D eigenvalue weighted by atomic mass is 10.3. The van der Waals surface area contributed by atoms with Gasteiger partial charge in [0, 0.05) is 43.6 Å². The first kappa shape index (κ1) is 14.8. The first-order valence-corrected chi connectivity index (χ1v) is 7.30. The van der Waals surface area contributed by atoms with Crippen molar-refractivity contribution in [3.05, 3.63) is 49.6 Å². The van der Waals surface area contributed by atoms with Crippen molar-refractivity contribution < 1.29 is 0 Å². The van der Waals surface area contributed by atoms with Crippen LogP contribution in [-0.4, -0.2) is 31.0 Å². The van der Waals surface area contributed by atoms with Gasteiger partial charge in [-0.25, -0.2) is 15.0 Å². The van der Waals surface area contributed by atoms with Gasteiger partial charge in [-0.1, -0.05) is 0 Å². The molecule has 4 N–H and O–H groups in total. The van der Waals surface area contributed by atoms with E-state index in [2.05, 4.69) is 30.6 Å². The second-order valence-electron chi connectivity index (χ2n) is 4.93. The van der Waals surface area contributed by atoms with Gasteiger partial charge in [0.25, 0.3) is 0 Å². The molecule has 3 aromatic heterocycles. The molecule has 0 fully saturated rings. The number of aryl methyl sites for hydroxylation is 1. The number of nitrogens with zero attached hydrogens (tertiary/aromatic N) is 5. The predicted molar refractivity (Wildman–Crippen MR) is 89.3 cm³/mol. The summed E-state index contributed by atoms with van der Waals surface area (Å²) in [7, 11) is 0. The third-order valence-corrected chi connectivity index (χ3v) is 3.27. The van der Waals surface area contributed by atoms with Crippen LogP contribution in [0, 0.1) is 0 Å². The Balaban J connectivity index is 1.58. The summed E-state index contributed by atoms with van der Waals surface area (Å²) in [4.78, 5) is 16.4. The van der Waals surface area contributed by atoms with Gasteiger partial charge in [-0.15, -0.1) is 0 Å². The van der Waals surface area contributed by atoms with E-state index in [1.54, 1.807) is 24.9 Å². The highest BCUT2D eigenvalue weighted by molar-refractivity contribution is 5.77. The fraction of sp³-hybridized carbons (Fsp3) is 0.200. The Kier molecular flexibility index (Phi) is 4.63. The first-order chi connectivity index (χ1) is 11.3. The van der Waals surface area contributed by atoms with E-state index in [0.29, 0.717) is 17.3 Å². The smallest absolute Gasteiger partial charge is 0.159 e. The molecule has 8 heteroatoms. The average molecular weight is 310 g/mol. The fourth-order valence-electron chi connectivity index (χ4n) is 2.10. The molecule has 0 saturated carbocycles. The summed E-state index contributed by atoms with van der Waals surface area (Å²) < 4.78 is 2.03. The minimum absolute atomic E-state index is 0.493. The van der Waals surface area contributed by atoms with Gasteiger partial charge in [0.05, 0.1) is 6.33 Å². The van der Waals surface area contributed by atoms with Crippen molar-refractivity contribution in [3.8, 4) is 0 Å². The summed E-state index contributed by atoms with van der Waals surface area (Å²) in [6, 6.07) is 3.69. The van der Waals surface area contributed by atoms with E-state index in [1.165, 1.54) is 6.33 Å². The van der Waals surface area contributed by atoms with E-state index < -0.39 is 0 Å². The molecule has 0 aliphatic heterocycles. The van der Waals surface area contributed by atoms with E-state index in [9.17, 15) is 0 Å². The summed E-state index contributed by atoms with van der Waals surface area (Å²) in [5.74, 6) is 1.20. The number of nitrogen functional groups attached to an aromatic ring is 1. The maximum absolute atomic E-state index is 6.13. The fourth-order valence-corrected chi connectivity index (χ4v) is 2.10. The van der Waals surface area contributed by atoms with Gasteiger partial charge in [-0.2, -0.15) is 0 Å². The molecule has 0 aromatic carbocycles. The lowest BCUT2D eigenvalue weighted by Gasteiger charge is -2.12. The minimum Gasteiger partial charge on any atom is -0.393 e. The van der Waals surface area contributed by atoms with Crippen molar-refractivity contribution in [2.24, 2.45) is 0 Å². The van der Waals surface area contributed by atoms with Crippen LogP contribution in [0.4, 0.5) is 23.0 Å². The molecule has 118 valence electrons. The van der Waals surface area contributed by atoms with Crippen molar-refractivity contribution in [2.45, 2.75) is 13.0 Å². The number of pyridine rings is 1. The van der Waals surface area contributed by atoms with Gasteiger partial charge in [0.2, 0.25) is 0 Å². The van der Waals surface area contributed by atoms with E-state index in [0.717, 1.165) is 25.2 Å². The molecule has 8 nitrogen and oxygen atoms in total. The topological polar surface area (TPSA) is 107 Å². The summed E-state index contributed by atoms with van der Waals surface area (Å²) in [6.07, 6.45) is 11.3. The second kappa shape index (κ2) is 7.21. The highest BCUT2D eigenvalue weighted by atomic mass is 15.1. The SMILES string of the molecule is Nc1c(NCCCn2ccnc2)ncnc1Nc1ccncc1. The lowest BCUT2D eigenvalue weighted by molar-refractivity contribution is 0.660. The Bertz CT molecular complexity index is 726. The van der Waals surface area contributed by atoms with Crippen LogP contribution in [-0.2, 0) is 6.54 Å². The predicted octanol–water partition coefficient (Wildman–Crippen LogP) is 1.90. The zero-order valence-electron chi connectivity index (χ0n) is 12.6. The zero-order valence-corrected chi connectivity index (χ0v) is 12.6. The molecule has 3 rings (SSSR count). The van der Waals surface area contributed by atoms with Crippen molar-refractivity contribution in [1.29, 1.82) is 0 Å². The molecule has 0 spiro atoms. The molecule has 0 amide bonds. The Hall–Kier alpha value is -3.16. The number of imidazole rings is 1. The van der Waals surface area contributed by atoms with Gasteiger partial charge >= 0.3 is 0 Å². The second-order valence-corrected chi connectivity index (χ2v) is 4.93. The minimum atomic E-state index is 0.493. The van der Waals surface area contributed by atoms with Crippen LogP contribution in [0.3, 0.4) is 0 Å². The Morgan fingerprint density at radius 1 is 1.04 bits per heavy atom. The van der Waals surface area contributed by atoms with E-state index >= 15 is 0 Å². The molecule has 0 saturated heterocycles. The molecule has 3 heterocycles. The van der Waals surface area contributed by atoms with Crippen molar-refractivity contribution >= 4 is 23.0 Å². The molecule has 0 radical (unpaired) electrons. The summed E-state index contributed by atoms with van der Waals surface area (Å²) >= 11 is 0. The Morgan fingerprint density at radius 2 is 1.87 bits per heavy atom.